The molecule has 21 heavy (non-hydrogen) atoms. The quantitative estimate of drug-likeness (QED) is 0.645. The van der Waals surface area contributed by atoms with Crippen molar-refractivity contribution in [1.29, 1.82) is 0 Å². The number of aliphatic hydroxyl groups excluding tert-OH is 3. The lowest BCUT2D eigenvalue weighted by molar-refractivity contribution is 0.0684. The molecule has 0 aliphatic carbocycles. The van der Waals surface area contributed by atoms with Gasteiger partial charge in [0.25, 0.3) is 5.91 Å². The van der Waals surface area contributed by atoms with Crippen molar-refractivity contribution in [3.63, 3.8) is 0 Å². The standard InChI is InChI=1S/C15H18FNO4/c16-13-5-4-12(3-1-2-8-18)14(11-13)15(21)17(6-9-19)7-10-20/h4-5,11,18-20H,2,6-10H2. The molecular weight excluding hydrogens is 277 g/mol. The van der Waals surface area contributed by atoms with Gasteiger partial charge < -0.3 is 20.2 Å². The molecule has 0 spiro atoms. The zero-order chi connectivity index (χ0) is 15.7. The topological polar surface area (TPSA) is 81.0 Å². The third kappa shape index (κ3) is 5.16. The normalized spacial score (nSPS) is 9.90. The van der Waals surface area contributed by atoms with E-state index in [-0.39, 0.29) is 44.9 Å². The molecule has 0 unspecified atom stereocenters. The van der Waals surface area contributed by atoms with Gasteiger partial charge in [-0.1, -0.05) is 11.8 Å². The maximum Gasteiger partial charge on any atom is 0.255 e. The zero-order valence-corrected chi connectivity index (χ0v) is 11.5. The van der Waals surface area contributed by atoms with E-state index in [0.29, 0.717) is 5.56 Å². The zero-order valence-electron chi connectivity index (χ0n) is 11.5. The van der Waals surface area contributed by atoms with Crippen LogP contribution in [0, 0.1) is 17.7 Å². The molecular formula is C15H18FNO4. The van der Waals surface area contributed by atoms with E-state index >= 15 is 0 Å². The van der Waals surface area contributed by atoms with Crippen molar-refractivity contribution < 1.29 is 24.5 Å². The average Bonchev–Trinajstić information content (AvgIpc) is 2.48. The molecule has 3 N–H and O–H groups in total. The lowest BCUT2D eigenvalue weighted by Gasteiger charge is -2.21. The summed E-state index contributed by atoms with van der Waals surface area (Å²) < 4.78 is 13.4. The summed E-state index contributed by atoms with van der Waals surface area (Å²) in [5.74, 6) is 4.31. The molecule has 0 radical (unpaired) electrons. The molecule has 0 aliphatic heterocycles. The van der Waals surface area contributed by atoms with Gasteiger partial charge in [0.15, 0.2) is 0 Å². The van der Waals surface area contributed by atoms with Crippen LogP contribution in [0.5, 0.6) is 0 Å². The Hall–Kier alpha value is -1.94. The van der Waals surface area contributed by atoms with Gasteiger partial charge in [0.05, 0.1) is 25.4 Å². The Kier molecular flexibility index (Phi) is 7.40. The van der Waals surface area contributed by atoms with E-state index in [9.17, 15) is 9.18 Å². The number of amides is 1. The molecule has 0 saturated carbocycles. The van der Waals surface area contributed by atoms with E-state index in [2.05, 4.69) is 11.8 Å². The summed E-state index contributed by atoms with van der Waals surface area (Å²) >= 11 is 0. The number of rotatable bonds is 6. The lowest BCUT2D eigenvalue weighted by Crippen LogP contribution is -2.36. The molecule has 5 nitrogen and oxygen atoms in total. The van der Waals surface area contributed by atoms with E-state index in [4.69, 9.17) is 15.3 Å². The summed E-state index contributed by atoms with van der Waals surface area (Å²) in [5.41, 5.74) is 0.415. The highest BCUT2D eigenvalue weighted by molar-refractivity contribution is 5.96. The van der Waals surface area contributed by atoms with Gasteiger partial charge in [-0.15, -0.1) is 0 Å². The highest BCUT2D eigenvalue weighted by atomic mass is 19.1. The summed E-state index contributed by atoms with van der Waals surface area (Å²) in [6.07, 6.45) is 0.252. The molecule has 0 heterocycles. The smallest absolute Gasteiger partial charge is 0.255 e. The number of halogens is 1. The van der Waals surface area contributed by atoms with Gasteiger partial charge in [-0.05, 0) is 18.2 Å². The molecule has 1 aromatic carbocycles. The number of benzene rings is 1. The summed E-state index contributed by atoms with van der Waals surface area (Å²) in [4.78, 5) is 13.6. The lowest BCUT2D eigenvalue weighted by atomic mass is 10.1. The minimum Gasteiger partial charge on any atom is -0.395 e. The van der Waals surface area contributed by atoms with E-state index in [1.807, 2.05) is 0 Å². The van der Waals surface area contributed by atoms with Gasteiger partial charge in [-0.3, -0.25) is 4.79 Å². The van der Waals surface area contributed by atoms with E-state index in [0.717, 1.165) is 6.07 Å². The monoisotopic (exact) mass is 295 g/mol. The van der Waals surface area contributed by atoms with Gasteiger partial charge in [-0.25, -0.2) is 4.39 Å². The predicted molar refractivity (Wildman–Crippen MR) is 75.1 cm³/mol. The SMILES string of the molecule is O=C(c1cc(F)ccc1C#CCCO)N(CCO)CCO. The molecule has 0 atom stereocenters. The number of nitrogens with zero attached hydrogens (tertiary/aromatic N) is 1. The van der Waals surface area contributed by atoms with E-state index in [1.165, 1.54) is 17.0 Å². The molecule has 0 saturated heterocycles. The van der Waals surface area contributed by atoms with E-state index in [1.54, 1.807) is 0 Å². The maximum atomic E-state index is 13.4. The average molecular weight is 295 g/mol. The third-order valence-electron chi connectivity index (χ3n) is 2.70. The fourth-order valence-corrected chi connectivity index (χ4v) is 1.74. The maximum absolute atomic E-state index is 13.4. The summed E-state index contributed by atoms with van der Waals surface area (Å²) in [7, 11) is 0. The molecule has 1 amide bonds. The highest BCUT2D eigenvalue weighted by Gasteiger charge is 2.18. The van der Waals surface area contributed by atoms with Gasteiger partial charge in [0.2, 0.25) is 0 Å². The number of carbonyl (C=O) groups is 1. The summed E-state index contributed by atoms with van der Waals surface area (Å²) in [6, 6.07) is 3.66. The number of hydrogen-bond acceptors (Lipinski definition) is 4. The molecule has 6 heteroatoms. The second kappa shape index (κ2) is 9.08. The molecule has 0 aliphatic rings. The van der Waals surface area contributed by atoms with Crippen molar-refractivity contribution in [2.45, 2.75) is 6.42 Å². The van der Waals surface area contributed by atoms with Gasteiger partial charge >= 0.3 is 0 Å². The van der Waals surface area contributed by atoms with Crippen molar-refractivity contribution in [3.05, 3.63) is 35.1 Å². The first kappa shape index (κ1) is 17.1. The molecule has 1 aromatic rings. The van der Waals surface area contributed by atoms with Crippen LogP contribution in [0.2, 0.25) is 0 Å². The van der Waals surface area contributed by atoms with Crippen molar-refractivity contribution >= 4 is 5.91 Å². The second-order valence-corrected chi connectivity index (χ2v) is 4.20. The van der Waals surface area contributed by atoms with E-state index < -0.39 is 11.7 Å². The molecule has 0 fully saturated rings. The Labute approximate surface area is 122 Å². The Balaban J connectivity index is 3.11. The van der Waals surface area contributed by atoms with Crippen LogP contribution in [-0.2, 0) is 0 Å². The third-order valence-corrected chi connectivity index (χ3v) is 2.70. The molecule has 114 valence electrons. The molecule has 1 rings (SSSR count). The van der Waals surface area contributed by atoms with Crippen LogP contribution in [0.25, 0.3) is 0 Å². The Morgan fingerprint density at radius 1 is 1.14 bits per heavy atom. The number of hydrogen-bond donors (Lipinski definition) is 3. The predicted octanol–water partition coefficient (Wildman–Crippen LogP) is -0.0136. The van der Waals surface area contributed by atoms with Crippen LogP contribution in [0.3, 0.4) is 0 Å². The summed E-state index contributed by atoms with van der Waals surface area (Å²) in [5, 5.41) is 26.6. The van der Waals surface area contributed by atoms with Crippen LogP contribution < -0.4 is 0 Å². The number of carbonyl (C=O) groups excluding carboxylic acids is 1. The fourth-order valence-electron chi connectivity index (χ4n) is 1.74. The van der Waals surface area contributed by atoms with Crippen molar-refractivity contribution in [1.82, 2.24) is 4.90 Å². The van der Waals surface area contributed by atoms with Crippen LogP contribution >= 0.6 is 0 Å². The molecule has 0 bridgehead atoms. The first-order valence-electron chi connectivity index (χ1n) is 6.54. The molecule has 0 aromatic heterocycles. The van der Waals surface area contributed by atoms with Gasteiger partial charge in [-0.2, -0.15) is 0 Å². The van der Waals surface area contributed by atoms with Gasteiger partial charge in [0.1, 0.15) is 5.82 Å². The Morgan fingerprint density at radius 2 is 1.81 bits per heavy atom. The Morgan fingerprint density at radius 3 is 2.38 bits per heavy atom. The van der Waals surface area contributed by atoms with Crippen molar-refractivity contribution in [2.24, 2.45) is 0 Å². The highest BCUT2D eigenvalue weighted by Crippen LogP contribution is 2.13. The van der Waals surface area contributed by atoms with Crippen LogP contribution in [0.1, 0.15) is 22.3 Å². The minimum absolute atomic E-state index is 0.0411. The van der Waals surface area contributed by atoms with Crippen LogP contribution in [0.15, 0.2) is 18.2 Å². The van der Waals surface area contributed by atoms with Crippen LogP contribution in [-0.4, -0.2) is 59.0 Å². The summed E-state index contributed by atoms with van der Waals surface area (Å²) in [6.45, 7) is -0.531. The second-order valence-electron chi connectivity index (χ2n) is 4.20. The Bertz CT molecular complexity index is 530. The first-order valence-corrected chi connectivity index (χ1v) is 6.54. The fraction of sp³-hybridized carbons (Fsp3) is 0.400. The van der Waals surface area contributed by atoms with Gasteiger partial charge in [0, 0.05) is 25.1 Å². The minimum atomic E-state index is -0.570. The van der Waals surface area contributed by atoms with Crippen molar-refractivity contribution in [3.8, 4) is 11.8 Å². The number of aliphatic hydroxyl groups is 3. The van der Waals surface area contributed by atoms with Crippen molar-refractivity contribution in [2.75, 3.05) is 32.9 Å². The van der Waals surface area contributed by atoms with Crippen LogP contribution in [0.4, 0.5) is 4.39 Å². The largest absolute Gasteiger partial charge is 0.395 e. The first-order chi connectivity index (χ1) is 10.1.